The number of fused-ring (bicyclic) bond motifs is 2. The van der Waals surface area contributed by atoms with Crippen molar-refractivity contribution in [2.45, 2.75) is 54.4 Å². The monoisotopic (exact) mass is 638 g/mol. The average Bonchev–Trinajstić information content (AvgIpc) is 3.59. The lowest BCUT2D eigenvalue weighted by Gasteiger charge is -2.07. The highest BCUT2D eigenvalue weighted by molar-refractivity contribution is 6.07. The summed E-state index contributed by atoms with van der Waals surface area (Å²) >= 11 is 0. The quantitative estimate of drug-likeness (QED) is 0.122. The Morgan fingerprint density at radius 1 is 0.542 bits per heavy atom. The van der Waals surface area contributed by atoms with Crippen LogP contribution in [0.4, 0.5) is 11.4 Å². The molecule has 0 saturated carbocycles. The summed E-state index contributed by atoms with van der Waals surface area (Å²) in [5.41, 5.74) is 9.60. The molecule has 8 heteroatoms. The topological polar surface area (TPSA) is 109 Å². The Bertz CT molecular complexity index is 2060. The van der Waals surface area contributed by atoms with Crippen LogP contribution in [-0.2, 0) is 22.4 Å². The molecule has 0 fully saturated rings. The number of furan rings is 2. The molecule has 0 bridgehead atoms. The van der Waals surface area contributed by atoms with Crippen molar-refractivity contribution in [1.29, 1.82) is 0 Å². The molecule has 2 heterocycles. The minimum atomic E-state index is -0.165. The van der Waals surface area contributed by atoms with E-state index < -0.39 is 0 Å². The lowest BCUT2D eigenvalue weighted by atomic mass is 10.0. The van der Waals surface area contributed by atoms with Gasteiger partial charge in [0.05, 0.1) is 12.8 Å². The fraction of sp³-hybridized carbons (Fsp3) is 0.200. The maximum absolute atomic E-state index is 13.2. The van der Waals surface area contributed by atoms with Crippen molar-refractivity contribution in [1.82, 2.24) is 0 Å². The first-order valence-electron chi connectivity index (χ1n) is 15.9. The highest BCUT2D eigenvalue weighted by Crippen LogP contribution is 2.30. The van der Waals surface area contributed by atoms with Crippen LogP contribution < -0.4 is 10.6 Å². The molecule has 48 heavy (non-hydrogen) atoms. The summed E-state index contributed by atoms with van der Waals surface area (Å²) in [5.74, 6) is 0.650. The van der Waals surface area contributed by atoms with Gasteiger partial charge in [0.1, 0.15) is 22.6 Å². The van der Waals surface area contributed by atoms with Crippen LogP contribution in [0, 0.1) is 27.7 Å². The number of nitrogens with one attached hydrogen (secondary N) is 2. The van der Waals surface area contributed by atoms with Crippen molar-refractivity contribution in [3.63, 3.8) is 0 Å². The molecule has 2 aromatic heterocycles. The van der Waals surface area contributed by atoms with Crippen LogP contribution in [0.15, 0.2) is 104 Å². The Labute approximate surface area is 279 Å². The SMILES string of the molecule is C/C(=N\N=C(/C)c1oc2cc(C)ccc2c1CC(=O)Nc1ccc(C)cc1)c1oc2cc(C)ccc2c1CC(=O)Nc1ccc(C)cc1. The van der Waals surface area contributed by atoms with Crippen molar-refractivity contribution >= 4 is 56.6 Å². The zero-order chi connectivity index (χ0) is 33.9. The van der Waals surface area contributed by atoms with E-state index in [9.17, 15) is 9.59 Å². The lowest BCUT2D eigenvalue weighted by molar-refractivity contribution is -0.116. The third kappa shape index (κ3) is 7.13. The summed E-state index contributed by atoms with van der Waals surface area (Å²) in [7, 11) is 0. The van der Waals surface area contributed by atoms with E-state index in [2.05, 4.69) is 20.8 Å². The number of carbonyl (C=O) groups excluding carboxylic acids is 2. The van der Waals surface area contributed by atoms with Gasteiger partial charge in [0.15, 0.2) is 11.5 Å². The summed E-state index contributed by atoms with van der Waals surface area (Å²) in [6.45, 7) is 11.6. The van der Waals surface area contributed by atoms with Gasteiger partial charge in [-0.15, -0.1) is 0 Å². The Morgan fingerprint density at radius 2 is 0.896 bits per heavy atom. The van der Waals surface area contributed by atoms with Crippen molar-refractivity contribution in [2.75, 3.05) is 10.6 Å². The van der Waals surface area contributed by atoms with E-state index in [1.807, 2.05) is 113 Å². The second-order valence-electron chi connectivity index (χ2n) is 12.4. The average molecular weight is 639 g/mol. The number of benzene rings is 4. The standard InChI is InChI=1S/C40H38N4O4/c1-23-7-13-29(14-8-23)41-37(45)21-33-31-17-11-25(3)19-35(31)47-39(33)27(5)43-44-28(6)40-34(32-18-12-26(4)20-36(32)48-40)22-38(46)42-30-15-9-24(2)10-16-30/h7-20H,21-22H2,1-6H3,(H,41,45)(H,42,46)/b43-27+,44-28+. The molecule has 0 radical (unpaired) electrons. The van der Waals surface area contributed by atoms with Crippen LogP contribution in [0.3, 0.4) is 0 Å². The van der Waals surface area contributed by atoms with E-state index in [0.29, 0.717) is 34.1 Å². The van der Waals surface area contributed by atoms with Crippen LogP contribution in [0.2, 0.25) is 0 Å². The zero-order valence-corrected chi connectivity index (χ0v) is 28.0. The first-order chi connectivity index (χ1) is 23.0. The summed E-state index contributed by atoms with van der Waals surface area (Å²) in [4.78, 5) is 26.4. The van der Waals surface area contributed by atoms with Crippen LogP contribution in [0.5, 0.6) is 0 Å². The third-order valence-corrected chi connectivity index (χ3v) is 8.25. The largest absolute Gasteiger partial charge is 0.454 e. The van der Waals surface area contributed by atoms with E-state index in [4.69, 9.17) is 8.83 Å². The Hall–Kier alpha value is -5.76. The molecule has 0 aliphatic carbocycles. The van der Waals surface area contributed by atoms with Gasteiger partial charge in [-0.1, -0.05) is 59.7 Å². The fourth-order valence-electron chi connectivity index (χ4n) is 5.70. The lowest BCUT2D eigenvalue weighted by Crippen LogP contribution is -2.16. The van der Waals surface area contributed by atoms with Gasteiger partial charge in [0, 0.05) is 33.3 Å². The molecular weight excluding hydrogens is 600 g/mol. The Balaban J connectivity index is 1.32. The normalized spacial score (nSPS) is 12.1. The summed E-state index contributed by atoms with van der Waals surface area (Å²) in [6, 6.07) is 27.2. The minimum Gasteiger partial charge on any atom is -0.454 e. The molecule has 0 unspecified atom stereocenters. The summed E-state index contributed by atoms with van der Waals surface area (Å²) in [5, 5.41) is 16.8. The third-order valence-electron chi connectivity index (χ3n) is 8.25. The molecule has 0 atom stereocenters. The first-order valence-corrected chi connectivity index (χ1v) is 15.9. The predicted molar refractivity (Wildman–Crippen MR) is 193 cm³/mol. The van der Waals surface area contributed by atoms with Crippen molar-refractivity contribution < 1.29 is 18.4 Å². The van der Waals surface area contributed by atoms with Crippen LogP contribution in [-0.4, -0.2) is 23.2 Å². The zero-order valence-electron chi connectivity index (χ0n) is 28.0. The van der Waals surface area contributed by atoms with Crippen LogP contribution in [0.1, 0.15) is 58.7 Å². The van der Waals surface area contributed by atoms with Crippen LogP contribution >= 0.6 is 0 Å². The number of rotatable bonds is 9. The first kappa shape index (κ1) is 32.2. The van der Waals surface area contributed by atoms with E-state index >= 15 is 0 Å². The van der Waals surface area contributed by atoms with Crippen molar-refractivity contribution in [2.24, 2.45) is 10.2 Å². The second kappa shape index (κ2) is 13.5. The molecule has 2 amide bonds. The molecule has 0 spiro atoms. The van der Waals surface area contributed by atoms with E-state index in [1.165, 1.54) is 0 Å². The van der Waals surface area contributed by atoms with E-state index in [-0.39, 0.29) is 24.7 Å². The molecule has 0 saturated heterocycles. The van der Waals surface area contributed by atoms with Gasteiger partial charge in [0.2, 0.25) is 11.8 Å². The molecule has 2 N–H and O–H groups in total. The number of anilines is 2. The Morgan fingerprint density at radius 3 is 1.27 bits per heavy atom. The number of amides is 2. The molecule has 6 aromatic rings. The van der Waals surface area contributed by atoms with Crippen LogP contribution in [0.25, 0.3) is 21.9 Å². The number of hydrogen-bond donors (Lipinski definition) is 2. The number of nitrogens with zero attached hydrogens (tertiary/aromatic N) is 2. The highest BCUT2D eigenvalue weighted by atomic mass is 16.3. The summed E-state index contributed by atoms with van der Waals surface area (Å²) < 4.78 is 12.6. The minimum absolute atomic E-state index is 0.0952. The van der Waals surface area contributed by atoms with Crippen molar-refractivity contribution in [3.05, 3.63) is 130 Å². The van der Waals surface area contributed by atoms with Gasteiger partial charge >= 0.3 is 0 Å². The van der Waals surface area contributed by atoms with E-state index in [0.717, 1.165) is 55.5 Å². The van der Waals surface area contributed by atoms with Gasteiger partial charge in [0.25, 0.3) is 0 Å². The second-order valence-corrected chi connectivity index (χ2v) is 12.4. The molecule has 4 aromatic carbocycles. The molecule has 0 aliphatic rings. The Kier molecular flexibility index (Phi) is 9.08. The maximum Gasteiger partial charge on any atom is 0.228 e. The number of carbonyl (C=O) groups is 2. The van der Waals surface area contributed by atoms with E-state index in [1.54, 1.807) is 13.8 Å². The molecular formula is C40H38N4O4. The van der Waals surface area contributed by atoms with Gasteiger partial charge in [-0.3, -0.25) is 9.59 Å². The predicted octanol–water partition coefficient (Wildman–Crippen LogP) is 9.01. The summed E-state index contributed by atoms with van der Waals surface area (Å²) in [6.07, 6.45) is 0.190. The number of hydrogen-bond acceptors (Lipinski definition) is 6. The van der Waals surface area contributed by atoms with Gasteiger partial charge in [-0.05, 0) is 89.1 Å². The molecule has 8 nitrogen and oxygen atoms in total. The fourth-order valence-corrected chi connectivity index (χ4v) is 5.70. The highest BCUT2D eigenvalue weighted by Gasteiger charge is 2.22. The smallest absolute Gasteiger partial charge is 0.228 e. The van der Waals surface area contributed by atoms with Gasteiger partial charge in [-0.25, -0.2) is 0 Å². The van der Waals surface area contributed by atoms with Gasteiger partial charge < -0.3 is 19.5 Å². The maximum atomic E-state index is 13.2. The number of aryl methyl sites for hydroxylation is 4. The van der Waals surface area contributed by atoms with Gasteiger partial charge in [-0.2, -0.15) is 10.2 Å². The van der Waals surface area contributed by atoms with Crippen molar-refractivity contribution in [3.8, 4) is 0 Å². The molecule has 242 valence electrons. The molecule has 0 aliphatic heterocycles. The molecule has 6 rings (SSSR count).